The highest BCUT2D eigenvalue weighted by Crippen LogP contribution is 2.32. The van der Waals surface area contributed by atoms with Crippen LogP contribution in [0, 0.1) is 5.92 Å². The molecule has 88 valence electrons. The van der Waals surface area contributed by atoms with E-state index >= 15 is 0 Å². The fourth-order valence-electron chi connectivity index (χ4n) is 1.63. The van der Waals surface area contributed by atoms with Gasteiger partial charge in [-0.1, -0.05) is 19.8 Å². The lowest BCUT2D eigenvalue weighted by molar-refractivity contribution is 0.757. The zero-order valence-electron chi connectivity index (χ0n) is 9.66. The SMILES string of the molecule is CCc1nc(NN)cc(NCCC2CC2)n1. The molecule has 1 aliphatic carbocycles. The summed E-state index contributed by atoms with van der Waals surface area (Å²) in [6.45, 7) is 3.01. The van der Waals surface area contributed by atoms with Crippen molar-refractivity contribution in [1.82, 2.24) is 9.97 Å². The molecule has 0 saturated heterocycles. The lowest BCUT2D eigenvalue weighted by Gasteiger charge is -2.08. The van der Waals surface area contributed by atoms with Crippen LogP contribution in [-0.2, 0) is 6.42 Å². The van der Waals surface area contributed by atoms with E-state index in [9.17, 15) is 0 Å². The number of hydrazine groups is 1. The third-order valence-corrected chi connectivity index (χ3v) is 2.79. The molecule has 1 heterocycles. The van der Waals surface area contributed by atoms with Gasteiger partial charge >= 0.3 is 0 Å². The predicted octanol–water partition coefficient (Wildman–Crippen LogP) is 1.54. The van der Waals surface area contributed by atoms with Gasteiger partial charge in [0.05, 0.1) is 0 Å². The molecule has 1 aromatic heterocycles. The molecule has 4 N–H and O–H groups in total. The molecule has 2 rings (SSSR count). The number of nitrogens with one attached hydrogen (secondary N) is 2. The molecule has 0 radical (unpaired) electrons. The van der Waals surface area contributed by atoms with E-state index in [2.05, 4.69) is 20.7 Å². The second-order valence-electron chi connectivity index (χ2n) is 4.21. The van der Waals surface area contributed by atoms with Crippen molar-refractivity contribution < 1.29 is 0 Å². The molecule has 16 heavy (non-hydrogen) atoms. The maximum atomic E-state index is 5.36. The Kier molecular flexibility index (Phi) is 3.56. The second kappa shape index (κ2) is 5.12. The number of nitrogens with zero attached hydrogens (tertiary/aromatic N) is 2. The number of rotatable bonds is 6. The Hall–Kier alpha value is -1.36. The van der Waals surface area contributed by atoms with Crippen molar-refractivity contribution in [2.24, 2.45) is 11.8 Å². The minimum absolute atomic E-state index is 0.667. The van der Waals surface area contributed by atoms with Crippen LogP contribution in [-0.4, -0.2) is 16.5 Å². The van der Waals surface area contributed by atoms with E-state index in [-0.39, 0.29) is 0 Å². The lowest BCUT2D eigenvalue weighted by Crippen LogP contribution is -2.12. The molecule has 5 nitrogen and oxygen atoms in total. The molecular formula is C11H19N5. The number of nitrogens with two attached hydrogens (primary N) is 1. The van der Waals surface area contributed by atoms with Gasteiger partial charge in [0.2, 0.25) is 0 Å². The lowest BCUT2D eigenvalue weighted by atomic mass is 10.3. The number of aryl methyl sites for hydroxylation is 1. The van der Waals surface area contributed by atoms with Crippen molar-refractivity contribution in [2.75, 3.05) is 17.3 Å². The molecule has 0 unspecified atom stereocenters. The van der Waals surface area contributed by atoms with E-state index in [0.717, 1.165) is 30.5 Å². The van der Waals surface area contributed by atoms with Gasteiger partial charge in [-0.3, -0.25) is 0 Å². The highest BCUT2D eigenvalue weighted by atomic mass is 15.3. The van der Waals surface area contributed by atoms with Crippen LogP contribution in [0.4, 0.5) is 11.6 Å². The summed E-state index contributed by atoms with van der Waals surface area (Å²) in [6.07, 6.45) is 4.83. The molecule has 1 fully saturated rings. The number of hydrogen-bond acceptors (Lipinski definition) is 5. The Balaban J connectivity index is 1.94. The summed E-state index contributed by atoms with van der Waals surface area (Å²) in [7, 11) is 0. The van der Waals surface area contributed by atoms with Crippen molar-refractivity contribution >= 4 is 11.6 Å². The fraction of sp³-hybridized carbons (Fsp3) is 0.636. The largest absolute Gasteiger partial charge is 0.370 e. The van der Waals surface area contributed by atoms with Crippen LogP contribution in [0.2, 0.25) is 0 Å². The number of hydrogen-bond donors (Lipinski definition) is 3. The van der Waals surface area contributed by atoms with Crippen LogP contribution >= 0.6 is 0 Å². The molecular weight excluding hydrogens is 202 g/mol. The standard InChI is InChI=1S/C11H19N5/c1-2-9-14-10(7-11(15-9)16-12)13-6-5-8-3-4-8/h7-8H,2-6,12H2,1H3,(H2,13,14,15,16). The van der Waals surface area contributed by atoms with Crippen LogP contribution in [0.25, 0.3) is 0 Å². The van der Waals surface area contributed by atoms with E-state index in [1.54, 1.807) is 0 Å². The minimum Gasteiger partial charge on any atom is -0.370 e. The smallest absolute Gasteiger partial charge is 0.145 e. The van der Waals surface area contributed by atoms with Crippen molar-refractivity contribution in [3.05, 3.63) is 11.9 Å². The maximum absolute atomic E-state index is 5.36. The molecule has 0 aliphatic heterocycles. The van der Waals surface area contributed by atoms with Crippen LogP contribution in [0.15, 0.2) is 6.07 Å². The first-order valence-electron chi connectivity index (χ1n) is 5.90. The molecule has 1 aromatic rings. The van der Waals surface area contributed by atoms with Crippen LogP contribution < -0.4 is 16.6 Å². The summed E-state index contributed by atoms with van der Waals surface area (Å²) >= 11 is 0. The topological polar surface area (TPSA) is 75.9 Å². The Bertz CT molecular complexity index is 326. The van der Waals surface area contributed by atoms with Gasteiger partial charge in [-0.05, 0) is 12.3 Å². The number of aromatic nitrogens is 2. The first-order chi connectivity index (χ1) is 7.81. The quantitative estimate of drug-likeness (QED) is 0.502. The first-order valence-corrected chi connectivity index (χ1v) is 5.90. The summed E-state index contributed by atoms with van der Waals surface area (Å²) < 4.78 is 0. The van der Waals surface area contributed by atoms with Crippen molar-refractivity contribution in [1.29, 1.82) is 0 Å². The Labute approximate surface area is 95.8 Å². The van der Waals surface area contributed by atoms with E-state index < -0.39 is 0 Å². The minimum atomic E-state index is 0.667. The Morgan fingerprint density at radius 2 is 2.12 bits per heavy atom. The summed E-state index contributed by atoms with van der Waals surface area (Å²) in [5, 5.41) is 3.32. The molecule has 5 heteroatoms. The van der Waals surface area contributed by atoms with Crippen LogP contribution in [0.3, 0.4) is 0 Å². The molecule has 0 atom stereocenters. The summed E-state index contributed by atoms with van der Waals surface area (Å²) in [5.74, 6) is 8.64. The molecule has 0 spiro atoms. The van der Waals surface area contributed by atoms with Gasteiger partial charge in [0.25, 0.3) is 0 Å². The predicted molar refractivity (Wildman–Crippen MR) is 65.1 cm³/mol. The van der Waals surface area contributed by atoms with Crippen LogP contribution in [0.1, 0.15) is 32.0 Å². The van der Waals surface area contributed by atoms with Gasteiger partial charge < -0.3 is 10.7 Å². The van der Waals surface area contributed by atoms with Crippen molar-refractivity contribution in [2.45, 2.75) is 32.6 Å². The van der Waals surface area contributed by atoms with Gasteiger partial charge in [0, 0.05) is 19.0 Å². The maximum Gasteiger partial charge on any atom is 0.145 e. The summed E-state index contributed by atoms with van der Waals surface area (Å²) in [4.78, 5) is 8.64. The third kappa shape index (κ3) is 3.06. The first kappa shape index (κ1) is 11.1. The molecule has 0 amide bonds. The average molecular weight is 221 g/mol. The van der Waals surface area contributed by atoms with E-state index in [4.69, 9.17) is 5.84 Å². The van der Waals surface area contributed by atoms with Crippen molar-refractivity contribution in [3.8, 4) is 0 Å². The summed E-state index contributed by atoms with van der Waals surface area (Å²) in [6, 6.07) is 1.84. The highest BCUT2D eigenvalue weighted by Gasteiger charge is 2.20. The average Bonchev–Trinajstić information content (AvgIpc) is 3.12. The van der Waals surface area contributed by atoms with Gasteiger partial charge in [0.1, 0.15) is 17.5 Å². The molecule has 1 aliphatic rings. The van der Waals surface area contributed by atoms with E-state index in [0.29, 0.717) is 5.82 Å². The monoisotopic (exact) mass is 221 g/mol. The van der Waals surface area contributed by atoms with Gasteiger partial charge in [-0.15, -0.1) is 0 Å². The zero-order chi connectivity index (χ0) is 11.4. The van der Waals surface area contributed by atoms with Gasteiger partial charge in [-0.25, -0.2) is 15.8 Å². The molecule has 0 aromatic carbocycles. The fourth-order valence-corrected chi connectivity index (χ4v) is 1.63. The molecule has 1 saturated carbocycles. The van der Waals surface area contributed by atoms with E-state index in [1.165, 1.54) is 19.3 Å². The number of nitrogen functional groups attached to an aromatic ring is 1. The Morgan fingerprint density at radius 3 is 2.75 bits per heavy atom. The highest BCUT2D eigenvalue weighted by molar-refractivity contribution is 5.46. The third-order valence-electron chi connectivity index (χ3n) is 2.79. The van der Waals surface area contributed by atoms with Crippen LogP contribution in [0.5, 0.6) is 0 Å². The number of anilines is 2. The summed E-state index contributed by atoms with van der Waals surface area (Å²) in [5.41, 5.74) is 2.56. The Morgan fingerprint density at radius 1 is 1.38 bits per heavy atom. The second-order valence-corrected chi connectivity index (χ2v) is 4.21. The van der Waals surface area contributed by atoms with Gasteiger partial charge in [-0.2, -0.15) is 0 Å². The molecule has 0 bridgehead atoms. The normalized spacial score (nSPS) is 14.9. The zero-order valence-corrected chi connectivity index (χ0v) is 9.66. The van der Waals surface area contributed by atoms with E-state index in [1.807, 2.05) is 13.0 Å². The van der Waals surface area contributed by atoms with Gasteiger partial charge in [0.15, 0.2) is 0 Å². The van der Waals surface area contributed by atoms with Crippen molar-refractivity contribution in [3.63, 3.8) is 0 Å².